The van der Waals surface area contributed by atoms with Crippen LogP contribution in [0.1, 0.15) is 5.56 Å². The topological polar surface area (TPSA) is 98.7 Å². The summed E-state index contributed by atoms with van der Waals surface area (Å²) in [6.45, 7) is 3.61. The molecule has 2 aromatic carbocycles. The van der Waals surface area contributed by atoms with E-state index in [4.69, 9.17) is 35.5 Å². The van der Waals surface area contributed by atoms with Crippen molar-refractivity contribution in [3.63, 3.8) is 0 Å². The van der Waals surface area contributed by atoms with Gasteiger partial charge >= 0.3 is 0 Å². The number of rotatable bonds is 9. The Bertz CT molecular complexity index is 1260. The smallest absolute Gasteiger partial charge is 0.164 e. The van der Waals surface area contributed by atoms with E-state index in [0.717, 1.165) is 27.3 Å². The van der Waals surface area contributed by atoms with Crippen molar-refractivity contribution < 1.29 is 24.1 Å². The van der Waals surface area contributed by atoms with E-state index in [1.807, 2.05) is 13.0 Å². The third-order valence-corrected chi connectivity index (χ3v) is 5.45. The van der Waals surface area contributed by atoms with E-state index in [-0.39, 0.29) is 10.8 Å². The minimum atomic E-state index is 0.0101. The number of phenolic OH excluding ortho intramolecular Hbond substituents is 1. The summed E-state index contributed by atoms with van der Waals surface area (Å²) in [5, 5.41) is 19.9. The molecule has 2 heterocycles. The number of aromatic amines is 1. The molecule has 8 nitrogen and oxygen atoms in total. The van der Waals surface area contributed by atoms with Crippen LogP contribution in [0.2, 0.25) is 5.02 Å². The summed E-state index contributed by atoms with van der Waals surface area (Å²) in [7, 11) is 3.25. The highest BCUT2D eigenvalue weighted by atomic mass is 35.5. The Kier molecular flexibility index (Phi) is 6.64. The molecular weight excluding hydrogens is 434 g/mol. The number of fused-ring (bicyclic) bond motifs is 3. The average Bonchev–Trinajstić information content (AvgIpc) is 3.25. The fraction of sp³-hybridized carbons (Fsp3) is 0.304. The SMILES string of the molecule is COCCOc1cc2c(-c3ccc(O)c(Cl)c3)nc3[nH]ncc3c2c(C)c1OCCOC. The number of benzene rings is 2. The Hall–Kier alpha value is -3.07. The quantitative estimate of drug-likeness (QED) is 0.357. The van der Waals surface area contributed by atoms with Gasteiger partial charge in [-0.1, -0.05) is 11.6 Å². The number of ether oxygens (including phenoxy) is 4. The number of aryl methyl sites for hydroxylation is 1. The maximum atomic E-state index is 9.86. The second-order valence-electron chi connectivity index (χ2n) is 7.19. The lowest BCUT2D eigenvalue weighted by Crippen LogP contribution is -2.10. The highest BCUT2D eigenvalue weighted by Gasteiger charge is 2.21. The second kappa shape index (κ2) is 9.60. The van der Waals surface area contributed by atoms with Gasteiger partial charge in [-0.15, -0.1) is 0 Å². The molecule has 0 spiro atoms. The molecule has 9 heteroatoms. The van der Waals surface area contributed by atoms with Gasteiger partial charge in [0.15, 0.2) is 17.1 Å². The number of nitrogens with zero attached hydrogens (tertiary/aromatic N) is 2. The van der Waals surface area contributed by atoms with Gasteiger partial charge in [0.05, 0.1) is 30.1 Å². The third-order valence-electron chi connectivity index (χ3n) is 5.15. The molecule has 32 heavy (non-hydrogen) atoms. The predicted octanol–water partition coefficient (Wildman–Crippen LogP) is 4.50. The molecule has 4 rings (SSSR count). The van der Waals surface area contributed by atoms with Crippen molar-refractivity contribution in [2.75, 3.05) is 40.6 Å². The van der Waals surface area contributed by atoms with E-state index in [1.54, 1.807) is 38.6 Å². The number of H-pyrrole nitrogens is 1. The van der Waals surface area contributed by atoms with Gasteiger partial charge in [0.1, 0.15) is 19.0 Å². The van der Waals surface area contributed by atoms with Crippen LogP contribution in [-0.2, 0) is 9.47 Å². The summed E-state index contributed by atoms with van der Waals surface area (Å²) in [4.78, 5) is 4.79. The number of aromatic hydroxyl groups is 1. The first-order valence-electron chi connectivity index (χ1n) is 10.1. The van der Waals surface area contributed by atoms with Crippen molar-refractivity contribution in [3.05, 3.63) is 41.0 Å². The van der Waals surface area contributed by atoms with Crippen LogP contribution in [0.25, 0.3) is 33.1 Å². The molecule has 2 aromatic heterocycles. The van der Waals surface area contributed by atoms with Crippen molar-refractivity contribution >= 4 is 33.4 Å². The highest BCUT2D eigenvalue weighted by Crippen LogP contribution is 2.43. The largest absolute Gasteiger partial charge is 0.506 e. The van der Waals surface area contributed by atoms with Gasteiger partial charge < -0.3 is 24.1 Å². The van der Waals surface area contributed by atoms with Crippen LogP contribution in [0.15, 0.2) is 30.5 Å². The molecule has 0 amide bonds. The Balaban J connectivity index is 1.98. The van der Waals surface area contributed by atoms with Crippen LogP contribution in [0, 0.1) is 6.92 Å². The molecule has 0 saturated carbocycles. The summed E-state index contributed by atoms with van der Waals surface area (Å²) < 4.78 is 22.4. The maximum Gasteiger partial charge on any atom is 0.164 e. The Morgan fingerprint density at radius 2 is 1.75 bits per heavy atom. The zero-order valence-electron chi connectivity index (χ0n) is 18.1. The van der Waals surface area contributed by atoms with Crippen molar-refractivity contribution in [3.8, 4) is 28.5 Å². The number of pyridine rings is 1. The van der Waals surface area contributed by atoms with Gasteiger partial charge in [-0.25, -0.2) is 4.98 Å². The average molecular weight is 458 g/mol. The first-order valence-corrected chi connectivity index (χ1v) is 10.5. The lowest BCUT2D eigenvalue weighted by atomic mass is 9.97. The molecule has 2 N–H and O–H groups in total. The molecule has 0 unspecified atom stereocenters. The molecule has 0 fully saturated rings. The van der Waals surface area contributed by atoms with Crippen molar-refractivity contribution in [2.45, 2.75) is 6.92 Å². The normalized spacial score (nSPS) is 11.4. The zero-order chi connectivity index (χ0) is 22.7. The van der Waals surface area contributed by atoms with E-state index in [2.05, 4.69) is 10.2 Å². The van der Waals surface area contributed by atoms with Crippen molar-refractivity contribution in [1.82, 2.24) is 15.2 Å². The summed E-state index contributed by atoms with van der Waals surface area (Å²) in [5.41, 5.74) is 2.97. The first-order chi connectivity index (χ1) is 15.5. The minimum Gasteiger partial charge on any atom is -0.506 e. The highest BCUT2D eigenvalue weighted by molar-refractivity contribution is 6.32. The Labute approximate surface area is 190 Å². The minimum absolute atomic E-state index is 0.0101. The third kappa shape index (κ3) is 4.17. The molecule has 0 bridgehead atoms. The van der Waals surface area contributed by atoms with E-state index in [1.165, 1.54) is 0 Å². The summed E-state index contributed by atoms with van der Waals surface area (Å²) in [5.74, 6) is 1.23. The van der Waals surface area contributed by atoms with Gasteiger partial charge in [0.25, 0.3) is 0 Å². The summed E-state index contributed by atoms with van der Waals surface area (Å²) in [6, 6.07) is 6.92. The van der Waals surface area contributed by atoms with E-state index < -0.39 is 0 Å². The second-order valence-corrected chi connectivity index (χ2v) is 7.60. The maximum absolute atomic E-state index is 9.86. The molecule has 0 aliphatic rings. The fourth-order valence-corrected chi connectivity index (χ4v) is 3.83. The summed E-state index contributed by atoms with van der Waals surface area (Å²) in [6.07, 6.45) is 1.75. The Morgan fingerprint density at radius 3 is 2.47 bits per heavy atom. The summed E-state index contributed by atoms with van der Waals surface area (Å²) >= 11 is 6.19. The number of hydrogen-bond donors (Lipinski definition) is 2. The number of hydrogen-bond acceptors (Lipinski definition) is 7. The lowest BCUT2D eigenvalue weighted by molar-refractivity contribution is 0.132. The number of halogens is 1. The molecular formula is C23H24ClN3O5. The van der Waals surface area contributed by atoms with Crippen molar-refractivity contribution in [2.24, 2.45) is 0 Å². The van der Waals surface area contributed by atoms with Gasteiger partial charge in [0, 0.05) is 41.5 Å². The molecule has 0 radical (unpaired) electrons. The standard InChI is InChI=1S/C23H24ClN3O5/c1-13-20-15(11-19(31-8-6-29-2)22(13)32-9-7-30-3)21(26-23-16(20)12-25-27-23)14-4-5-18(28)17(24)10-14/h4-5,10-12,28H,6-9H2,1-3H3,(H,25,26,27). The molecule has 0 aliphatic carbocycles. The van der Waals surface area contributed by atoms with Gasteiger partial charge in [-0.05, 0) is 31.2 Å². The van der Waals surface area contributed by atoms with Crippen LogP contribution in [0.5, 0.6) is 17.2 Å². The number of phenols is 1. The molecule has 0 atom stereocenters. The van der Waals surface area contributed by atoms with Gasteiger partial charge in [-0.3, -0.25) is 5.10 Å². The number of nitrogens with one attached hydrogen (secondary N) is 1. The fourth-order valence-electron chi connectivity index (χ4n) is 3.65. The molecule has 168 valence electrons. The zero-order valence-corrected chi connectivity index (χ0v) is 18.8. The van der Waals surface area contributed by atoms with Crippen LogP contribution in [-0.4, -0.2) is 60.9 Å². The van der Waals surface area contributed by atoms with Crippen molar-refractivity contribution in [1.29, 1.82) is 0 Å². The van der Waals surface area contributed by atoms with Crippen LogP contribution in [0.3, 0.4) is 0 Å². The molecule has 4 aromatic rings. The van der Waals surface area contributed by atoms with E-state index >= 15 is 0 Å². The lowest BCUT2D eigenvalue weighted by Gasteiger charge is -2.19. The molecule has 0 aliphatic heterocycles. The number of methoxy groups -OCH3 is 2. The van der Waals surface area contributed by atoms with E-state index in [9.17, 15) is 5.11 Å². The first kappa shape index (κ1) is 22.1. The monoisotopic (exact) mass is 457 g/mol. The molecule has 0 saturated heterocycles. The van der Waals surface area contributed by atoms with Gasteiger partial charge in [0.2, 0.25) is 0 Å². The van der Waals surface area contributed by atoms with E-state index in [0.29, 0.717) is 49.3 Å². The van der Waals surface area contributed by atoms with Crippen LogP contribution < -0.4 is 9.47 Å². The number of aromatic nitrogens is 3. The predicted molar refractivity (Wildman–Crippen MR) is 123 cm³/mol. The van der Waals surface area contributed by atoms with Gasteiger partial charge in [-0.2, -0.15) is 5.10 Å². The Morgan fingerprint density at radius 1 is 1.00 bits per heavy atom. The van der Waals surface area contributed by atoms with Crippen LogP contribution in [0.4, 0.5) is 0 Å². The van der Waals surface area contributed by atoms with Crippen LogP contribution >= 0.6 is 11.6 Å².